The van der Waals surface area contributed by atoms with Crippen LogP contribution >= 0.6 is 0 Å². The number of hydrogen-bond donors (Lipinski definition) is 0. The molecule has 0 amide bonds. The molecule has 1 aliphatic heterocycles. The lowest BCUT2D eigenvalue weighted by atomic mass is 9.99. The van der Waals surface area contributed by atoms with Gasteiger partial charge in [0.15, 0.2) is 0 Å². The van der Waals surface area contributed by atoms with Gasteiger partial charge in [0.05, 0.1) is 0 Å². The fraction of sp³-hybridized carbons (Fsp3) is 1.00. The van der Waals surface area contributed by atoms with Crippen molar-refractivity contribution in [3.05, 3.63) is 0 Å². The third-order valence-corrected chi connectivity index (χ3v) is 7.54. The maximum Gasteiger partial charge on any atom is 0.0480 e. The Labute approximate surface area is 209 Å². The summed E-state index contributed by atoms with van der Waals surface area (Å²) in [7, 11) is 4.36. The van der Waals surface area contributed by atoms with E-state index in [-0.39, 0.29) is 0 Å². The van der Waals surface area contributed by atoms with E-state index in [9.17, 15) is 0 Å². The second kappa shape index (κ2) is 23.6. The molecule has 1 fully saturated rings. The SMILES string of the molecule is CCCCCCCCCCCCCCCCCCOCCC1CCCCN1CCCN(C)C. The zero-order valence-corrected chi connectivity index (χ0v) is 23.3. The highest BCUT2D eigenvalue weighted by Crippen LogP contribution is 2.20. The third kappa shape index (κ3) is 19.8. The highest BCUT2D eigenvalue weighted by molar-refractivity contribution is 4.77. The Morgan fingerprint density at radius 1 is 0.667 bits per heavy atom. The Morgan fingerprint density at radius 2 is 1.21 bits per heavy atom. The molecular formula is C30H62N2O. The normalized spacial score (nSPS) is 17.3. The lowest BCUT2D eigenvalue weighted by Gasteiger charge is -2.36. The Balaban J connectivity index is 1.80. The minimum atomic E-state index is 0.770. The van der Waals surface area contributed by atoms with Crippen LogP contribution in [0.25, 0.3) is 0 Å². The average Bonchev–Trinajstić information content (AvgIpc) is 2.81. The van der Waals surface area contributed by atoms with Crippen molar-refractivity contribution in [3.63, 3.8) is 0 Å². The van der Waals surface area contributed by atoms with Gasteiger partial charge >= 0.3 is 0 Å². The van der Waals surface area contributed by atoms with Gasteiger partial charge in [-0.25, -0.2) is 0 Å². The molecule has 1 atom stereocenters. The molecule has 0 aliphatic carbocycles. The number of piperidine rings is 1. The quantitative estimate of drug-likeness (QED) is 0.133. The van der Waals surface area contributed by atoms with Gasteiger partial charge in [0.1, 0.15) is 0 Å². The lowest BCUT2D eigenvalue weighted by Crippen LogP contribution is -2.41. The van der Waals surface area contributed by atoms with Crippen molar-refractivity contribution < 1.29 is 4.74 Å². The first-order valence-corrected chi connectivity index (χ1v) is 15.2. The van der Waals surface area contributed by atoms with Gasteiger partial charge in [0, 0.05) is 19.3 Å². The Morgan fingerprint density at radius 3 is 1.76 bits per heavy atom. The second-order valence-electron chi connectivity index (χ2n) is 11.0. The number of hydrogen-bond acceptors (Lipinski definition) is 3. The number of nitrogens with zero attached hydrogens (tertiary/aromatic N) is 2. The molecule has 0 spiro atoms. The molecule has 198 valence electrons. The van der Waals surface area contributed by atoms with Crippen molar-refractivity contribution in [3.8, 4) is 0 Å². The summed E-state index contributed by atoms with van der Waals surface area (Å²) in [4.78, 5) is 5.05. The van der Waals surface area contributed by atoms with Gasteiger partial charge in [-0.3, -0.25) is 0 Å². The van der Waals surface area contributed by atoms with Gasteiger partial charge in [0.2, 0.25) is 0 Å². The first-order chi connectivity index (χ1) is 16.2. The van der Waals surface area contributed by atoms with Gasteiger partial charge in [-0.15, -0.1) is 0 Å². The van der Waals surface area contributed by atoms with Crippen LogP contribution in [0.1, 0.15) is 142 Å². The van der Waals surface area contributed by atoms with E-state index in [2.05, 4.69) is 30.8 Å². The van der Waals surface area contributed by atoms with Gasteiger partial charge in [-0.2, -0.15) is 0 Å². The van der Waals surface area contributed by atoms with Gasteiger partial charge in [0.25, 0.3) is 0 Å². The Hall–Kier alpha value is -0.120. The Bertz CT molecular complexity index is 387. The van der Waals surface area contributed by atoms with E-state index in [1.54, 1.807) is 0 Å². The monoisotopic (exact) mass is 466 g/mol. The van der Waals surface area contributed by atoms with E-state index >= 15 is 0 Å². The first kappa shape index (κ1) is 30.9. The topological polar surface area (TPSA) is 15.7 Å². The van der Waals surface area contributed by atoms with Crippen LogP contribution in [0, 0.1) is 0 Å². The van der Waals surface area contributed by atoms with Gasteiger partial charge in [-0.05, 0) is 65.8 Å². The summed E-state index contributed by atoms with van der Waals surface area (Å²) in [6.07, 6.45) is 29.6. The van der Waals surface area contributed by atoms with E-state index in [4.69, 9.17) is 4.74 Å². The minimum absolute atomic E-state index is 0.770. The molecular weight excluding hydrogens is 404 g/mol. The molecule has 1 unspecified atom stereocenters. The standard InChI is InChI=1S/C30H62N2O/c1-4-5-6-7-8-9-10-11-12-13-14-15-16-17-18-21-28-33-29-24-30-23-19-20-26-32(30)27-22-25-31(2)3/h30H,4-29H2,1-3H3. The lowest BCUT2D eigenvalue weighted by molar-refractivity contribution is 0.0768. The molecule has 1 saturated heterocycles. The molecule has 0 aromatic carbocycles. The van der Waals surface area contributed by atoms with Gasteiger partial charge in [-0.1, -0.05) is 110 Å². The summed E-state index contributed by atoms with van der Waals surface area (Å²) < 4.78 is 6.01. The number of ether oxygens (including phenoxy) is 1. The molecule has 1 heterocycles. The van der Waals surface area contributed by atoms with Crippen LogP contribution in [0.15, 0.2) is 0 Å². The van der Waals surface area contributed by atoms with Crippen molar-refractivity contribution in [2.75, 3.05) is 46.9 Å². The van der Waals surface area contributed by atoms with Crippen LogP contribution < -0.4 is 0 Å². The van der Waals surface area contributed by atoms with Gasteiger partial charge < -0.3 is 14.5 Å². The molecule has 3 nitrogen and oxygen atoms in total. The molecule has 1 aliphatic rings. The number of rotatable bonds is 24. The highest BCUT2D eigenvalue weighted by Gasteiger charge is 2.21. The van der Waals surface area contributed by atoms with Crippen LogP contribution in [0.4, 0.5) is 0 Å². The van der Waals surface area contributed by atoms with Crippen LogP contribution in [0.5, 0.6) is 0 Å². The molecule has 0 aromatic rings. The zero-order chi connectivity index (χ0) is 23.8. The van der Waals surface area contributed by atoms with Crippen LogP contribution in [0.3, 0.4) is 0 Å². The molecule has 3 heteroatoms. The van der Waals surface area contributed by atoms with Crippen molar-refractivity contribution in [2.45, 2.75) is 148 Å². The predicted molar refractivity (Wildman–Crippen MR) is 147 cm³/mol. The van der Waals surface area contributed by atoms with E-state index in [0.29, 0.717) is 0 Å². The van der Waals surface area contributed by atoms with Crippen molar-refractivity contribution >= 4 is 0 Å². The van der Waals surface area contributed by atoms with E-state index < -0.39 is 0 Å². The second-order valence-corrected chi connectivity index (χ2v) is 11.0. The molecule has 33 heavy (non-hydrogen) atoms. The average molecular weight is 467 g/mol. The largest absolute Gasteiger partial charge is 0.381 e. The minimum Gasteiger partial charge on any atom is -0.381 e. The summed E-state index contributed by atoms with van der Waals surface area (Å²) in [6, 6.07) is 0.770. The van der Waals surface area contributed by atoms with E-state index in [1.165, 1.54) is 154 Å². The molecule has 0 bridgehead atoms. The van der Waals surface area contributed by atoms with Crippen molar-refractivity contribution in [1.29, 1.82) is 0 Å². The van der Waals surface area contributed by atoms with Crippen molar-refractivity contribution in [2.24, 2.45) is 0 Å². The van der Waals surface area contributed by atoms with E-state index in [1.807, 2.05) is 0 Å². The molecule has 1 rings (SSSR count). The molecule has 0 saturated carbocycles. The maximum absolute atomic E-state index is 6.01. The van der Waals surface area contributed by atoms with Crippen LogP contribution in [0.2, 0.25) is 0 Å². The summed E-state index contributed by atoms with van der Waals surface area (Å²) in [6.45, 7) is 8.02. The molecule has 0 aromatic heterocycles. The smallest absolute Gasteiger partial charge is 0.0480 e. The number of unbranched alkanes of at least 4 members (excludes halogenated alkanes) is 15. The van der Waals surface area contributed by atoms with Crippen LogP contribution in [-0.2, 0) is 4.74 Å². The summed E-state index contributed by atoms with van der Waals surface area (Å²) in [5.74, 6) is 0. The first-order valence-electron chi connectivity index (χ1n) is 15.2. The summed E-state index contributed by atoms with van der Waals surface area (Å²) in [5, 5.41) is 0. The molecule has 0 radical (unpaired) electrons. The van der Waals surface area contributed by atoms with Crippen LogP contribution in [-0.4, -0.2) is 62.8 Å². The zero-order valence-electron chi connectivity index (χ0n) is 23.3. The Kier molecular flexibility index (Phi) is 22.1. The molecule has 0 N–H and O–H groups in total. The number of likely N-dealkylation sites (tertiary alicyclic amines) is 1. The maximum atomic E-state index is 6.01. The summed E-state index contributed by atoms with van der Waals surface area (Å²) in [5.41, 5.74) is 0. The van der Waals surface area contributed by atoms with Crippen molar-refractivity contribution in [1.82, 2.24) is 9.80 Å². The summed E-state index contributed by atoms with van der Waals surface area (Å²) >= 11 is 0. The fourth-order valence-corrected chi connectivity index (χ4v) is 5.34. The fourth-order valence-electron chi connectivity index (χ4n) is 5.34. The van der Waals surface area contributed by atoms with E-state index in [0.717, 1.165) is 19.3 Å². The third-order valence-electron chi connectivity index (χ3n) is 7.54. The predicted octanol–water partition coefficient (Wildman–Crippen LogP) is 8.46. The highest BCUT2D eigenvalue weighted by atomic mass is 16.5.